The highest BCUT2D eigenvalue weighted by Crippen LogP contribution is 2.42. The van der Waals surface area contributed by atoms with Crippen molar-refractivity contribution in [3.63, 3.8) is 0 Å². The number of hydrogen-bond acceptors (Lipinski definition) is 3. The molecular weight excluding hydrogens is 728 g/mol. The Morgan fingerprint density at radius 1 is 0.373 bits per heavy atom. The summed E-state index contributed by atoms with van der Waals surface area (Å²) < 4.78 is 0. The van der Waals surface area contributed by atoms with E-state index in [1.165, 1.54) is 76.3 Å². The number of anilines is 6. The van der Waals surface area contributed by atoms with Crippen LogP contribution in [-0.4, -0.2) is 26.5 Å². The van der Waals surface area contributed by atoms with Gasteiger partial charge in [-0.05, 0) is 85.1 Å². The van der Waals surface area contributed by atoms with Gasteiger partial charge in [0.2, 0.25) is 13.4 Å². The molecule has 0 spiro atoms. The second-order valence-corrected chi connectivity index (χ2v) is 19.5. The topological polar surface area (TPSA) is 19.4 Å². The molecule has 3 nitrogen and oxygen atoms in total. The smallest absolute Gasteiger partial charge is 0.249 e. The van der Waals surface area contributed by atoms with E-state index in [0.717, 1.165) is 11.4 Å². The Morgan fingerprint density at radius 3 is 1.51 bits per heavy atom. The molecule has 0 unspecified atom stereocenters. The van der Waals surface area contributed by atoms with E-state index in [4.69, 9.17) is 0 Å². The van der Waals surface area contributed by atoms with Crippen molar-refractivity contribution in [3.05, 3.63) is 225 Å². The van der Waals surface area contributed by atoms with E-state index < -0.39 is 8.07 Å². The van der Waals surface area contributed by atoms with Gasteiger partial charge in [0.1, 0.15) is 0 Å². The third-order valence-electron chi connectivity index (χ3n) is 12.9. The molecule has 3 aliphatic heterocycles. The van der Waals surface area contributed by atoms with Gasteiger partial charge in [0.25, 0.3) is 0 Å². The van der Waals surface area contributed by atoms with Crippen molar-refractivity contribution < 1.29 is 0 Å². The monoisotopic (exact) mass is 765 g/mol. The van der Waals surface area contributed by atoms with E-state index in [0.29, 0.717) is 0 Å². The fourth-order valence-corrected chi connectivity index (χ4v) is 16.0. The maximum Gasteiger partial charge on any atom is 0.249 e. The summed E-state index contributed by atoms with van der Waals surface area (Å²) in [6.07, 6.45) is 3.88. The van der Waals surface area contributed by atoms with Crippen LogP contribution in [0.3, 0.4) is 0 Å². The molecule has 59 heavy (non-hydrogen) atoms. The Balaban J connectivity index is 1.35. The lowest BCUT2D eigenvalue weighted by Crippen LogP contribution is -2.88. The summed E-state index contributed by atoms with van der Waals surface area (Å²) >= 11 is 0. The fourth-order valence-electron chi connectivity index (χ4n) is 10.8. The summed E-state index contributed by atoms with van der Waals surface area (Å²) in [6, 6.07) is 79.7. The van der Waals surface area contributed by atoms with E-state index in [-0.39, 0.29) is 13.4 Å². The molecule has 0 radical (unpaired) electrons. The van der Waals surface area contributed by atoms with Gasteiger partial charge in [-0.25, -0.2) is 0 Å². The van der Waals surface area contributed by atoms with Crippen molar-refractivity contribution >= 4 is 109 Å². The van der Waals surface area contributed by atoms with Crippen molar-refractivity contribution in [2.45, 2.75) is 0 Å². The largest absolute Gasteiger partial charge is 0.312 e. The second-order valence-electron chi connectivity index (χ2n) is 15.8. The molecule has 3 aliphatic rings. The molecule has 12 rings (SSSR count). The normalized spacial score (nSPS) is 14.1. The van der Waals surface area contributed by atoms with Gasteiger partial charge < -0.3 is 9.80 Å². The average Bonchev–Trinajstić information content (AvgIpc) is 3.32. The molecule has 0 saturated heterocycles. The summed E-state index contributed by atoms with van der Waals surface area (Å²) in [6.45, 7) is -0.0257. The van der Waals surface area contributed by atoms with Crippen LogP contribution in [0.15, 0.2) is 225 Å². The van der Waals surface area contributed by atoms with Crippen molar-refractivity contribution in [3.8, 4) is 0 Å². The number of nitrogens with zero attached hydrogens (tertiary/aromatic N) is 3. The molecule has 1 aromatic heterocycles. The minimum Gasteiger partial charge on any atom is -0.312 e. The number of rotatable bonds is 5. The number of pyridine rings is 1. The first kappa shape index (κ1) is 33.9. The quantitative estimate of drug-likeness (QED) is 0.220. The zero-order chi connectivity index (χ0) is 38.9. The zero-order valence-electron chi connectivity index (χ0n) is 32.4. The molecule has 6 heteroatoms. The Hall–Kier alpha value is -7.14. The predicted molar refractivity (Wildman–Crippen MR) is 253 cm³/mol. The van der Waals surface area contributed by atoms with E-state index in [2.05, 4.69) is 227 Å². The van der Waals surface area contributed by atoms with Gasteiger partial charge in [0.05, 0.1) is 0 Å². The Kier molecular flexibility index (Phi) is 7.75. The standard InChI is InChI=1S/C53H37B2N3Si/c1-5-19-38(20-6-1)54-43-27-13-16-30-46(43)57(39-21-7-2-8-22-39)48-37-50-52-53(51(48)54)58(40-33-35-56-36-34-40)47-31-17-14-28-44(47)55(52)45-29-15-18-32-49(45)59(50,41-23-9-3-10-24-41)42-25-11-4-12-26-42/h1-37H. The molecule has 0 atom stereocenters. The predicted octanol–water partition coefficient (Wildman–Crippen LogP) is 5.37. The first-order chi connectivity index (χ1) is 29.3. The Morgan fingerprint density at radius 2 is 0.864 bits per heavy atom. The van der Waals surface area contributed by atoms with Crippen LogP contribution in [0, 0.1) is 0 Å². The number of hydrogen-bond donors (Lipinski definition) is 0. The van der Waals surface area contributed by atoms with Crippen molar-refractivity contribution in [2.75, 3.05) is 9.80 Å². The van der Waals surface area contributed by atoms with Crippen molar-refractivity contribution in [1.82, 2.24) is 4.98 Å². The molecule has 0 N–H and O–H groups in total. The maximum absolute atomic E-state index is 4.55. The van der Waals surface area contributed by atoms with Gasteiger partial charge >= 0.3 is 0 Å². The van der Waals surface area contributed by atoms with E-state index in [1.807, 2.05) is 12.4 Å². The third-order valence-corrected chi connectivity index (χ3v) is 17.8. The van der Waals surface area contributed by atoms with E-state index >= 15 is 0 Å². The summed E-state index contributed by atoms with van der Waals surface area (Å²) in [7, 11) is -3.03. The van der Waals surface area contributed by atoms with Gasteiger partial charge in [-0.2, -0.15) is 0 Å². The molecule has 9 aromatic rings. The molecule has 4 heterocycles. The molecule has 0 fully saturated rings. The summed E-state index contributed by atoms with van der Waals surface area (Å²) in [4.78, 5) is 9.68. The lowest BCUT2D eigenvalue weighted by Gasteiger charge is -2.50. The summed E-state index contributed by atoms with van der Waals surface area (Å²) in [5.41, 5.74) is 15.2. The van der Waals surface area contributed by atoms with Gasteiger partial charge in [0.15, 0.2) is 8.07 Å². The van der Waals surface area contributed by atoms with Crippen molar-refractivity contribution in [2.24, 2.45) is 0 Å². The SMILES string of the molecule is c1ccc(B2c3ccccc3N(c3ccccc3)c3cc4c5c(c32)N(c2ccncc2)c2ccccc2B5c2ccccc2[Si]4(c2ccccc2)c2ccccc2)cc1. The first-order valence-corrected chi connectivity index (χ1v) is 22.5. The van der Waals surface area contributed by atoms with Gasteiger partial charge in [-0.1, -0.05) is 181 Å². The molecular formula is C53H37B2N3Si. The van der Waals surface area contributed by atoms with Crippen LogP contribution in [0.25, 0.3) is 0 Å². The summed E-state index contributed by atoms with van der Waals surface area (Å²) in [5, 5.41) is 5.66. The fraction of sp³-hybridized carbons (Fsp3) is 0. The number of benzene rings is 8. The minimum atomic E-state index is -3.03. The van der Waals surface area contributed by atoms with Crippen LogP contribution in [0.2, 0.25) is 0 Å². The summed E-state index contributed by atoms with van der Waals surface area (Å²) in [5.74, 6) is 0. The lowest BCUT2D eigenvalue weighted by atomic mass is 9.30. The highest BCUT2D eigenvalue weighted by atomic mass is 28.3. The van der Waals surface area contributed by atoms with Crippen LogP contribution in [0.5, 0.6) is 0 Å². The van der Waals surface area contributed by atoms with Crippen LogP contribution in [0.4, 0.5) is 34.1 Å². The Bertz CT molecular complexity index is 2980. The minimum absolute atomic E-state index is 0.0163. The van der Waals surface area contributed by atoms with Gasteiger partial charge in [0, 0.05) is 46.5 Å². The zero-order valence-corrected chi connectivity index (χ0v) is 33.4. The molecule has 0 amide bonds. The van der Waals surface area contributed by atoms with Crippen LogP contribution in [0.1, 0.15) is 0 Å². The van der Waals surface area contributed by atoms with Crippen molar-refractivity contribution in [1.29, 1.82) is 0 Å². The van der Waals surface area contributed by atoms with E-state index in [1.54, 1.807) is 0 Å². The second kappa shape index (κ2) is 13.5. The van der Waals surface area contributed by atoms with Crippen LogP contribution in [-0.2, 0) is 0 Å². The number of fused-ring (bicyclic) bond motifs is 7. The number of para-hydroxylation sites is 3. The highest BCUT2D eigenvalue weighted by Gasteiger charge is 2.55. The molecule has 0 saturated carbocycles. The van der Waals surface area contributed by atoms with Gasteiger partial charge in [-0.15, -0.1) is 0 Å². The Labute approximate surface area is 347 Å². The first-order valence-electron chi connectivity index (χ1n) is 20.5. The van der Waals surface area contributed by atoms with E-state index in [9.17, 15) is 0 Å². The maximum atomic E-state index is 4.55. The molecule has 0 aliphatic carbocycles. The molecule has 0 bridgehead atoms. The third kappa shape index (κ3) is 4.87. The van der Waals surface area contributed by atoms with Gasteiger partial charge in [-0.3, -0.25) is 4.98 Å². The molecule has 8 aromatic carbocycles. The lowest BCUT2D eigenvalue weighted by molar-refractivity contribution is 1.24. The van der Waals surface area contributed by atoms with Crippen LogP contribution < -0.4 is 63.3 Å². The highest BCUT2D eigenvalue weighted by molar-refractivity contribution is 7.27. The average molecular weight is 766 g/mol. The molecule has 274 valence electrons. The number of aromatic nitrogens is 1. The van der Waals surface area contributed by atoms with Crippen LogP contribution >= 0.6 is 0 Å².